The molecule has 0 bridgehead atoms. The summed E-state index contributed by atoms with van der Waals surface area (Å²) in [4.78, 5) is 29.6. The van der Waals surface area contributed by atoms with Crippen LogP contribution in [0.1, 0.15) is 20.8 Å². The number of imide groups is 1. The molecule has 2 aromatic rings. The van der Waals surface area contributed by atoms with Crippen molar-refractivity contribution in [1.82, 2.24) is 10.3 Å². The van der Waals surface area contributed by atoms with Gasteiger partial charge in [-0.15, -0.1) is 0 Å². The quantitative estimate of drug-likeness (QED) is 0.934. The molecule has 0 aliphatic carbocycles. The van der Waals surface area contributed by atoms with Crippen LogP contribution in [0.25, 0.3) is 11.1 Å². The fraction of sp³-hybridized carbons (Fsp3) is 0.357. The summed E-state index contributed by atoms with van der Waals surface area (Å²) in [6.07, 6.45) is 2.98. The van der Waals surface area contributed by atoms with Gasteiger partial charge in [0, 0.05) is 18.7 Å². The van der Waals surface area contributed by atoms with Crippen LogP contribution in [-0.2, 0) is 4.79 Å². The van der Waals surface area contributed by atoms with Crippen LogP contribution >= 0.6 is 0 Å². The number of nitrogens with zero attached hydrogens (tertiary/aromatic N) is 2. The first-order valence-electron chi connectivity index (χ1n) is 6.50. The molecule has 0 atom stereocenters. The number of carbonyl (C=O) groups excluding carboxylic acids is 2. The normalized spacial score (nSPS) is 10.8. The summed E-state index contributed by atoms with van der Waals surface area (Å²) in [6.45, 7) is 5.73. The molecule has 0 saturated heterocycles. The third kappa shape index (κ3) is 2.49. The monoisotopic (exact) mass is 275 g/mol. The standard InChI is InChI=1S/C14H17N3O3/c1-4-15-14(19)17(13(18)9(2)3)11-8-20-12-10(11)6-5-7-16-12/h5-9H,4H2,1-3H3,(H,15,19). The van der Waals surface area contributed by atoms with Gasteiger partial charge in [-0.25, -0.2) is 14.7 Å². The molecule has 2 aromatic heterocycles. The summed E-state index contributed by atoms with van der Waals surface area (Å²) in [5.41, 5.74) is 0.811. The number of nitrogens with one attached hydrogen (secondary N) is 1. The first-order chi connectivity index (χ1) is 9.56. The fourth-order valence-electron chi connectivity index (χ4n) is 1.84. The Morgan fingerprint density at radius 2 is 2.20 bits per heavy atom. The van der Waals surface area contributed by atoms with Crippen LogP contribution in [0.2, 0.25) is 0 Å². The van der Waals surface area contributed by atoms with Gasteiger partial charge in [0.05, 0.1) is 5.39 Å². The summed E-state index contributed by atoms with van der Waals surface area (Å²) >= 11 is 0. The molecule has 0 fully saturated rings. The Morgan fingerprint density at radius 3 is 2.85 bits per heavy atom. The molecule has 0 radical (unpaired) electrons. The maximum atomic E-state index is 12.3. The van der Waals surface area contributed by atoms with Gasteiger partial charge in [-0.05, 0) is 19.1 Å². The van der Waals surface area contributed by atoms with Gasteiger partial charge >= 0.3 is 6.03 Å². The fourth-order valence-corrected chi connectivity index (χ4v) is 1.84. The summed E-state index contributed by atoms with van der Waals surface area (Å²) in [5, 5.41) is 3.27. The van der Waals surface area contributed by atoms with E-state index in [1.54, 1.807) is 39.1 Å². The highest BCUT2D eigenvalue weighted by atomic mass is 16.3. The second kappa shape index (κ2) is 5.73. The highest BCUT2D eigenvalue weighted by Crippen LogP contribution is 2.28. The number of pyridine rings is 1. The lowest BCUT2D eigenvalue weighted by Gasteiger charge is -2.21. The van der Waals surface area contributed by atoms with Gasteiger partial charge < -0.3 is 9.73 Å². The molecule has 1 N–H and O–H groups in total. The molecule has 20 heavy (non-hydrogen) atoms. The SMILES string of the molecule is CCNC(=O)N(C(=O)C(C)C)c1coc2ncccc12. The molecule has 0 saturated carbocycles. The second-order valence-corrected chi connectivity index (χ2v) is 4.64. The van der Waals surface area contributed by atoms with Crippen molar-refractivity contribution in [3.05, 3.63) is 24.6 Å². The van der Waals surface area contributed by atoms with Crippen molar-refractivity contribution >= 4 is 28.7 Å². The molecule has 2 rings (SSSR count). The van der Waals surface area contributed by atoms with Gasteiger partial charge in [-0.3, -0.25) is 4.79 Å². The molecule has 0 unspecified atom stereocenters. The molecule has 6 nitrogen and oxygen atoms in total. The molecule has 2 heterocycles. The minimum atomic E-state index is -0.460. The first kappa shape index (κ1) is 14.0. The van der Waals surface area contributed by atoms with Crippen molar-refractivity contribution in [2.45, 2.75) is 20.8 Å². The first-order valence-corrected chi connectivity index (χ1v) is 6.50. The molecular formula is C14H17N3O3. The predicted octanol–water partition coefficient (Wildman–Crippen LogP) is 2.55. The number of fused-ring (bicyclic) bond motifs is 1. The van der Waals surface area contributed by atoms with Crippen LogP contribution in [-0.4, -0.2) is 23.5 Å². The van der Waals surface area contributed by atoms with Crippen molar-refractivity contribution in [3.63, 3.8) is 0 Å². The average molecular weight is 275 g/mol. The summed E-state index contributed by atoms with van der Waals surface area (Å²) in [6, 6.07) is 3.04. The summed E-state index contributed by atoms with van der Waals surface area (Å²) < 4.78 is 5.30. The van der Waals surface area contributed by atoms with E-state index >= 15 is 0 Å². The Labute approximate surface area is 116 Å². The minimum Gasteiger partial charge on any atom is -0.444 e. The van der Waals surface area contributed by atoms with E-state index in [9.17, 15) is 9.59 Å². The third-order valence-corrected chi connectivity index (χ3v) is 2.82. The lowest BCUT2D eigenvalue weighted by molar-refractivity contribution is -0.120. The highest BCUT2D eigenvalue weighted by Gasteiger charge is 2.28. The molecule has 0 spiro atoms. The minimum absolute atomic E-state index is 0.289. The molecular weight excluding hydrogens is 258 g/mol. The zero-order valence-electron chi connectivity index (χ0n) is 11.7. The molecule has 106 valence electrons. The van der Waals surface area contributed by atoms with E-state index in [0.717, 1.165) is 4.90 Å². The Hall–Kier alpha value is -2.37. The van der Waals surface area contributed by atoms with Crippen LogP contribution in [0, 0.1) is 5.92 Å². The summed E-state index contributed by atoms with van der Waals surface area (Å²) in [7, 11) is 0. The van der Waals surface area contributed by atoms with E-state index in [1.165, 1.54) is 6.26 Å². The number of amides is 3. The van der Waals surface area contributed by atoms with Crippen LogP contribution < -0.4 is 10.2 Å². The van der Waals surface area contributed by atoms with Crippen molar-refractivity contribution in [1.29, 1.82) is 0 Å². The Kier molecular flexibility index (Phi) is 4.02. The smallest absolute Gasteiger partial charge is 0.328 e. The number of carbonyl (C=O) groups is 2. The highest BCUT2D eigenvalue weighted by molar-refractivity contribution is 6.18. The lowest BCUT2D eigenvalue weighted by atomic mass is 10.1. The van der Waals surface area contributed by atoms with E-state index in [-0.39, 0.29) is 11.8 Å². The van der Waals surface area contributed by atoms with Gasteiger partial charge in [0.25, 0.3) is 0 Å². The molecule has 3 amide bonds. The third-order valence-electron chi connectivity index (χ3n) is 2.82. The van der Waals surface area contributed by atoms with E-state index in [1.807, 2.05) is 0 Å². The molecule has 0 aliphatic heterocycles. The number of hydrogen-bond donors (Lipinski definition) is 1. The molecule has 0 aromatic carbocycles. The Bertz CT molecular complexity index is 633. The van der Waals surface area contributed by atoms with E-state index in [4.69, 9.17) is 4.42 Å². The van der Waals surface area contributed by atoms with Gasteiger partial charge in [0.15, 0.2) is 0 Å². The van der Waals surface area contributed by atoms with Gasteiger partial charge in [-0.2, -0.15) is 0 Å². The molecule has 0 aliphatic rings. The number of rotatable bonds is 3. The van der Waals surface area contributed by atoms with Crippen LogP contribution in [0.3, 0.4) is 0 Å². The number of furan rings is 1. The van der Waals surface area contributed by atoms with Crippen LogP contribution in [0.5, 0.6) is 0 Å². The van der Waals surface area contributed by atoms with Crippen molar-refractivity contribution in [2.75, 3.05) is 11.4 Å². The zero-order valence-corrected chi connectivity index (χ0v) is 11.7. The van der Waals surface area contributed by atoms with Gasteiger partial charge in [0.2, 0.25) is 11.6 Å². The van der Waals surface area contributed by atoms with Crippen molar-refractivity contribution < 1.29 is 14.0 Å². The zero-order chi connectivity index (χ0) is 14.7. The van der Waals surface area contributed by atoms with Gasteiger partial charge in [-0.1, -0.05) is 13.8 Å². The number of aromatic nitrogens is 1. The Balaban J connectivity index is 2.50. The molecule has 6 heteroatoms. The predicted molar refractivity (Wildman–Crippen MR) is 75.4 cm³/mol. The second-order valence-electron chi connectivity index (χ2n) is 4.64. The number of urea groups is 1. The van der Waals surface area contributed by atoms with Crippen molar-refractivity contribution in [3.8, 4) is 0 Å². The number of hydrogen-bond acceptors (Lipinski definition) is 4. The topological polar surface area (TPSA) is 75.4 Å². The maximum Gasteiger partial charge on any atom is 0.328 e. The average Bonchev–Trinajstić information content (AvgIpc) is 2.83. The maximum absolute atomic E-state index is 12.3. The van der Waals surface area contributed by atoms with Gasteiger partial charge in [0.1, 0.15) is 12.0 Å². The number of anilines is 1. The van der Waals surface area contributed by atoms with Crippen molar-refractivity contribution in [2.24, 2.45) is 5.92 Å². The van der Waals surface area contributed by atoms with Crippen LogP contribution in [0.15, 0.2) is 29.0 Å². The lowest BCUT2D eigenvalue weighted by Crippen LogP contribution is -2.45. The Morgan fingerprint density at radius 1 is 1.45 bits per heavy atom. The van der Waals surface area contributed by atoms with E-state index < -0.39 is 6.03 Å². The van der Waals surface area contributed by atoms with E-state index in [2.05, 4.69) is 10.3 Å². The van der Waals surface area contributed by atoms with E-state index in [0.29, 0.717) is 23.3 Å². The largest absolute Gasteiger partial charge is 0.444 e. The van der Waals surface area contributed by atoms with Crippen LogP contribution in [0.4, 0.5) is 10.5 Å². The summed E-state index contributed by atoms with van der Waals surface area (Å²) in [5.74, 6) is -0.596.